The second-order valence-electron chi connectivity index (χ2n) is 9.52. The second kappa shape index (κ2) is 10.4. The first-order chi connectivity index (χ1) is 19.3. The molecule has 11 heteroatoms. The van der Waals surface area contributed by atoms with Crippen LogP contribution < -0.4 is 19.8 Å². The van der Waals surface area contributed by atoms with Crippen molar-refractivity contribution >= 4 is 52.2 Å². The summed E-state index contributed by atoms with van der Waals surface area (Å²) in [6.07, 6.45) is 0. The summed E-state index contributed by atoms with van der Waals surface area (Å²) >= 11 is 2.17. The van der Waals surface area contributed by atoms with Gasteiger partial charge in [-0.2, -0.15) is 0 Å². The van der Waals surface area contributed by atoms with Crippen molar-refractivity contribution < 1.29 is 23.5 Å². The van der Waals surface area contributed by atoms with E-state index in [0.29, 0.717) is 32.6 Å². The number of ether oxygens (including phenoxy) is 1. The van der Waals surface area contributed by atoms with Gasteiger partial charge in [0.2, 0.25) is 11.8 Å². The van der Waals surface area contributed by atoms with Crippen molar-refractivity contribution in [1.29, 1.82) is 0 Å². The number of benzene rings is 3. The molecular formula is C29H22FN3O5S2. The lowest BCUT2D eigenvalue weighted by atomic mass is 9.83. The van der Waals surface area contributed by atoms with Crippen molar-refractivity contribution in [2.75, 3.05) is 16.8 Å². The van der Waals surface area contributed by atoms with Gasteiger partial charge in [0.1, 0.15) is 16.8 Å². The minimum Gasteiger partial charge on any atom is -0.484 e. The van der Waals surface area contributed by atoms with Gasteiger partial charge in [-0.1, -0.05) is 47.4 Å². The maximum Gasteiger partial charge on any atom is 0.305 e. The van der Waals surface area contributed by atoms with Gasteiger partial charge in [0, 0.05) is 16.5 Å². The molecule has 1 saturated heterocycles. The molecule has 2 aliphatic rings. The minimum absolute atomic E-state index is 0.234. The zero-order valence-electron chi connectivity index (χ0n) is 21.1. The van der Waals surface area contributed by atoms with Crippen LogP contribution in [0.25, 0.3) is 0 Å². The third kappa shape index (κ3) is 4.82. The highest BCUT2D eigenvalue weighted by atomic mass is 32.2. The lowest BCUT2D eigenvalue weighted by molar-refractivity contribution is -0.122. The molecule has 0 spiro atoms. The number of halogens is 1. The summed E-state index contributed by atoms with van der Waals surface area (Å²) in [5.41, 5.74) is 2.64. The van der Waals surface area contributed by atoms with E-state index in [2.05, 4.69) is 10.3 Å². The summed E-state index contributed by atoms with van der Waals surface area (Å²) < 4.78 is 19.3. The van der Waals surface area contributed by atoms with Crippen molar-refractivity contribution in [2.24, 2.45) is 5.92 Å². The van der Waals surface area contributed by atoms with E-state index < -0.39 is 34.7 Å². The number of thiazole rings is 1. The number of fused-ring (bicyclic) bond motifs is 2. The molecule has 40 heavy (non-hydrogen) atoms. The highest BCUT2D eigenvalue weighted by Gasteiger charge is 2.56. The highest BCUT2D eigenvalue weighted by Crippen LogP contribution is 2.53. The lowest BCUT2D eigenvalue weighted by Crippen LogP contribution is -2.32. The quantitative estimate of drug-likeness (QED) is 0.323. The fourth-order valence-electron chi connectivity index (χ4n) is 5.09. The Morgan fingerprint density at radius 2 is 1.80 bits per heavy atom. The molecule has 3 heterocycles. The van der Waals surface area contributed by atoms with E-state index in [1.165, 1.54) is 36.0 Å². The molecule has 6 rings (SSSR count). The van der Waals surface area contributed by atoms with Gasteiger partial charge in [0.15, 0.2) is 6.61 Å². The van der Waals surface area contributed by atoms with Gasteiger partial charge in [-0.15, -0.1) is 0 Å². The summed E-state index contributed by atoms with van der Waals surface area (Å²) in [6, 6.07) is 19.6. The third-order valence-electron chi connectivity index (χ3n) is 6.80. The standard InChI is InChI=1S/C29H22FN3O5S2/c1-15-4-2-6-18(12-15)31-21(34)14-38-20-7-3-5-16(13-20)22-23-25(39-26-24(22)40-29(37)32-26)28(36)33(27(23)35)19-10-8-17(30)9-11-19/h2-13,22-23,25H,14H2,1H3,(H,31,34)(H,32,37). The monoisotopic (exact) mass is 575 g/mol. The van der Waals surface area contributed by atoms with Crippen molar-refractivity contribution in [1.82, 2.24) is 4.98 Å². The topological polar surface area (TPSA) is 109 Å². The smallest absolute Gasteiger partial charge is 0.305 e. The molecule has 4 aromatic rings. The van der Waals surface area contributed by atoms with Gasteiger partial charge < -0.3 is 15.0 Å². The number of aromatic amines is 1. The Kier molecular flexibility index (Phi) is 6.77. The predicted molar refractivity (Wildman–Crippen MR) is 151 cm³/mol. The van der Waals surface area contributed by atoms with Crippen LogP contribution in [0, 0.1) is 18.7 Å². The Bertz CT molecular complexity index is 1700. The van der Waals surface area contributed by atoms with Gasteiger partial charge in [-0.3, -0.25) is 19.2 Å². The van der Waals surface area contributed by atoms with Crippen LogP contribution >= 0.6 is 23.1 Å². The van der Waals surface area contributed by atoms with Crippen LogP contribution in [0.3, 0.4) is 0 Å². The van der Waals surface area contributed by atoms with Crippen LogP contribution in [0.2, 0.25) is 0 Å². The number of rotatable bonds is 6. The van der Waals surface area contributed by atoms with Crippen molar-refractivity contribution in [2.45, 2.75) is 23.1 Å². The zero-order chi connectivity index (χ0) is 28.0. The summed E-state index contributed by atoms with van der Waals surface area (Å²) in [6.45, 7) is 1.70. The van der Waals surface area contributed by atoms with Crippen LogP contribution in [-0.4, -0.2) is 34.6 Å². The van der Waals surface area contributed by atoms with Crippen LogP contribution in [-0.2, 0) is 14.4 Å². The Hall–Kier alpha value is -4.22. The molecule has 1 fully saturated rings. The van der Waals surface area contributed by atoms with E-state index >= 15 is 0 Å². The fraction of sp³-hybridized carbons (Fsp3) is 0.172. The molecule has 0 saturated carbocycles. The van der Waals surface area contributed by atoms with E-state index in [-0.39, 0.29) is 17.4 Å². The number of hydrogen-bond acceptors (Lipinski definition) is 7. The van der Waals surface area contributed by atoms with Gasteiger partial charge in [0.25, 0.3) is 5.91 Å². The van der Waals surface area contributed by atoms with Crippen LogP contribution in [0.5, 0.6) is 5.75 Å². The number of thioether (sulfide) groups is 1. The highest BCUT2D eigenvalue weighted by molar-refractivity contribution is 8.00. The number of nitrogens with zero attached hydrogens (tertiary/aromatic N) is 1. The molecule has 8 nitrogen and oxygen atoms in total. The molecule has 3 unspecified atom stereocenters. The molecule has 3 aromatic carbocycles. The van der Waals surface area contributed by atoms with Gasteiger partial charge in [-0.25, -0.2) is 9.29 Å². The number of imide groups is 1. The number of carbonyl (C=O) groups excluding carboxylic acids is 3. The molecule has 3 atom stereocenters. The number of anilines is 2. The summed E-state index contributed by atoms with van der Waals surface area (Å²) in [4.78, 5) is 56.3. The average Bonchev–Trinajstić information content (AvgIpc) is 3.42. The molecule has 0 aliphatic carbocycles. The normalized spacial score (nSPS) is 19.8. The Morgan fingerprint density at radius 3 is 2.58 bits per heavy atom. The van der Waals surface area contributed by atoms with E-state index in [0.717, 1.165) is 21.8 Å². The predicted octanol–water partition coefficient (Wildman–Crippen LogP) is 4.70. The van der Waals surface area contributed by atoms with Crippen molar-refractivity contribution in [3.63, 3.8) is 0 Å². The van der Waals surface area contributed by atoms with Gasteiger partial charge >= 0.3 is 4.87 Å². The second-order valence-corrected chi connectivity index (χ2v) is 11.7. The van der Waals surface area contributed by atoms with E-state index in [1.807, 2.05) is 31.2 Å². The Labute approximate surface area is 236 Å². The number of hydrogen-bond donors (Lipinski definition) is 2. The number of amides is 3. The summed E-state index contributed by atoms with van der Waals surface area (Å²) in [5, 5.41) is 2.57. The first-order valence-electron chi connectivity index (χ1n) is 12.4. The molecule has 3 amide bonds. The fourth-order valence-corrected chi connectivity index (χ4v) is 7.60. The van der Waals surface area contributed by atoms with Crippen molar-refractivity contribution in [3.05, 3.63) is 104 Å². The van der Waals surface area contributed by atoms with Crippen LogP contribution in [0.15, 0.2) is 82.6 Å². The Balaban J connectivity index is 1.29. The van der Waals surface area contributed by atoms with Gasteiger partial charge in [-0.05, 0) is 66.6 Å². The van der Waals surface area contributed by atoms with E-state index in [9.17, 15) is 23.6 Å². The minimum atomic E-state index is -0.790. The lowest BCUT2D eigenvalue weighted by Gasteiger charge is -2.30. The van der Waals surface area contributed by atoms with Gasteiger partial charge in [0.05, 0.1) is 16.6 Å². The number of H-pyrrole nitrogens is 1. The molecule has 0 bridgehead atoms. The first kappa shape index (κ1) is 26.0. The Morgan fingerprint density at radius 1 is 1.02 bits per heavy atom. The summed E-state index contributed by atoms with van der Waals surface area (Å²) in [7, 11) is 0. The molecule has 1 aromatic heterocycles. The van der Waals surface area contributed by atoms with Crippen molar-refractivity contribution in [3.8, 4) is 5.75 Å². The molecule has 202 valence electrons. The number of aryl methyl sites for hydroxylation is 1. The van der Waals surface area contributed by atoms with E-state index in [4.69, 9.17) is 4.74 Å². The maximum absolute atomic E-state index is 13.8. The zero-order valence-corrected chi connectivity index (χ0v) is 22.7. The maximum atomic E-state index is 13.8. The number of carbonyl (C=O) groups is 3. The first-order valence-corrected chi connectivity index (χ1v) is 14.1. The molecular weight excluding hydrogens is 553 g/mol. The molecule has 2 N–H and O–H groups in total. The average molecular weight is 576 g/mol. The third-order valence-corrected chi connectivity index (χ3v) is 9.20. The number of nitrogens with one attached hydrogen (secondary N) is 2. The SMILES string of the molecule is Cc1cccc(NC(=O)COc2cccc(C3c4sc(=O)[nH]c4SC4C(=O)N(c5ccc(F)cc5)C(=O)C43)c2)c1. The summed E-state index contributed by atoms with van der Waals surface area (Å²) in [5.74, 6) is -2.63. The molecule has 2 aliphatic heterocycles. The van der Waals surface area contributed by atoms with Crippen LogP contribution in [0.1, 0.15) is 21.9 Å². The van der Waals surface area contributed by atoms with Crippen LogP contribution in [0.4, 0.5) is 15.8 Å². The largest absolute Gasteiger partial charge is 0.484 e. The number of aromatic nitrogens is 1. The molecule has 0 radical (unpaired) electrons. The van der Waals surface area contributed by atoms with E-state index in [1.54, 1.807) is 24.3 Å².